The van der Waals surface area contributed by atoms with Gasteiger partial charge < -0.3 is 10.2 Å². The van der Waals surface area contributed by atoms with Gasteiger partial charge in [-0.3, -0.25) is 9.10 Å². The van der Waals surface area contributed by atoms with Crippen LogP contribution in [-0.2, 0) is 14.8 Å². The molecule has 1 N–H and O–H groups in total. The molecule has 1 aliphatic heterocycles. The Morgan fingerprint density at radius 2 is 2.04 bits per heavy atom. The molecule has 6 nitrogen and oxygen atoms in total. The molecule has 1 amide bonds. The third-order valence-electron chi connectivity index (χ3n) is 4.84. The van der Waals surface area contributed by atoms with E-state index in [1.54, 1.807) is 31.2 Å². The van der Waals surface area contributed by atoms with Crippen LogP contribution >= 0.6 is 11.6 Å². The SMILES string of the molecule is C[C@H](C(=O)NCCC1CCN(C)CC1)N(c1cccc(Cl)c1)S(C)(=O)=O. The predicted octanol–water partition coefficient (Wildman–Crippen LogP) is 2.34. The third kappa shape index (κ3) is 5.86. The maximum absolute atomic E-state index is 12.5. The molecule has 1 heterocycles. The summed E-state index contributed by atoms with van der Waals surface area (Å²) in [6.45, 7) is 4.33. The maximum Gasteiger partial charge on any atom is 0.243 e. The van der Waals surface area contributed by atoms with Gasteiger partial charge in [0.1, 0.15) is 6.04 Å². The van der Waals surface area contributed by atoms with Gasteiger partial charge in [0.25, 0.3) is 0 Å². The molecule has 0 spiro atoms. The Morgan fingerprint density at radius 1 is 1.38 bits per heavy atom. The quantitative estimate of drug-likeness (QED) is 0.761. The Kier molecular flexibility index (Phi) is 7.32. The Bertz CT molecular complexity index is 718. The van der Waals surface area contributed by atoms with Crippen molar-refractivity contribution in [3.05, 3.63) is 29.3 Å². The number of carbonyl (C=O) groups is 1. The Labute approximate surface area is 161 Å². The summed E-state index contributed by atoms with van der Waals surface area (Å²) in [5.41, 5.74) is 0.387. The number of hydrogen-bond acceptors (Lipinski definition) is 4. The highest BCUT2D eigenvalue weighted by atomic mass is 35.5. The van der Waals surface area contributed by atoms with E-state index in [-0.39, 0.29) is 5.91 Å². The third-order valence-corrected chi connectivity index (χ3v) is 6.32. The van der Waals surface area contributed by atoms with E-state index >= 15 is 0 Å². The topological polar surface area (TPSA) is 69.7 Å². The number of nitrogens with zero attached hydrogens (tertiary/aromatic N) is 2. The summed E-state index contributed by atoms with van der Waals surface area (Å²) in [6, 6.07) is 5.67. The van der Waals surface area contributed by atoms with Gasteiger partial charge in [-0.05, 0) is 70.4 Å². The number of anilines is 1. The average molecular weight is 402 g/mol. The highest BCUT2D eigenvalue weighted by molar-refractivity contribution is 7.92. The summed E-state index contributed by atoms with van der Waals surface area (Å²) in [6.07, 6.45) is 4.29. The van der Waals surface area contributed by atoms with Crippen LogP contribution in [0.5, 0.6) is 0 Å². The smallest absolute Gasteiger partial charge is 0.243 e. The molecule has 0 aliphatic carbocycles. The molecule has 146 valence electrons. The number of carbonyl (C=O) groups excluding carboxylic acids is 1. The van der Waals surface area contributed by atoms with Gasteiger partial charge in [0.2, 0.25) is 15.9 Å². The number of halogens is 1. The van der Waals surface area contributed by atoms with Crippen LogP contribution in [-0.4, -0.2) is 58.2 Å². The van der Waals surface area contributed by atoms with Crippen LogP contribution in [0.4, 0.5) is 5.69 Å². The van der Waals surface area contributed by atoms with Crippen molar-refractivity contribution < 1.29 is 13.2 Å². The highest BCUT2D eigenvalue weighted by Gasteiger charge is 2.29. The second-order valence-corrected chi connectivity index (χ2v) is 9.34. The lowest BCUT2D eigenvalue weighted by atomic mass is 9.94. The minimum atomic E-state index is -3.62. The van der Waals surface area contributed by atoms with Crippen molar-refractivity contribution >= 4 is 33.2 Å². The standard InChI is InChI=1S/C18H28ClN3O3S/c1-14(18(23)20-10-7-15-8-11-21(2)12-9-15)22(26(3,24)25)17-6-4-5-16(19)13-17/h4-6,13-15H,7-12H2,1-3H3,(H,20,23)/t14-/m1/s1. The van der Waals surface area contributed by atoms with E-state index in [2.05, 4.69) is 17.3 Å². The van der Waals surface area contributed by atoms with Crippen LogP contribution in [0, 0.1) is 5.92 Å². The van der Waals surface area contributed by atoms with Gasteiger partial charge in [0.15, 0.2) is 0 Å². The molecule has 1 aromatic carbocycles. The molecule has 1 saturated heterocycles. The number of hydrogen-bond donors (Lipinski definition) is 1. The zero-order valence-electron chi connectivity index (χ0n) is 15.6. The number of piperidine rings is 1. The van der Waals surface area contributed by atoms with E-state index in [4.69, 9.17) is 11.6 Å². The molecule has 0 saturated carbocycles. The molecular formula is C18H28ClN3O3S. The number of sulfonamides is 1. The first-order chi connectivity index (χ1) is 12.2. The van der Waals surface area contributed by atoms with E-state index < -0.39 is 16.1 Å². The predicted molar refractivity (Wildman–Crippen MR) is 106 cm³/mol. The summed E-state index contributed by atoms with van der Waals surface area (Å²) in [4.78, 5) is 14.8. The summed E-state index contributed by atoms with van der Waals surface area (Å²) in [5.74, 6) is 0.309. The molecular weight excluding hydrogens is 374 g/mol. The first kappa shape index (κ1) is 21.0. The second kappa shape index (κ2) is 9.06. The van der Waals surface area contributed by atoms with Gasteiger partial charge in [0, 0.05) is 11.6 Å². The first-order valence-corrected chi connectivity index (χ1v) is 11.1. The fourth-order valence-electron chi connectivity index (χ4n) is 3.32. The summed E-state index contributed by atoms with van der Waals surface area (Å²) < 4.78 is 25.6. The largest absolute Gasteiger partial charge is 0.354 e. The Hall–Kier alpha value is -1.31. The summed E-state index contributed by atoms with van der Waals surface area (Å²) in [5, 5.41) is 3.31. The number of nitrogens with one attached hydrogen (secondary N) is 1. The molecule has 1 aliphatic rings. The summed E-state index contributed by atoms with van der Waals surface area (Å²) in [7, 11) is -1.50. The van der Waals surface area contributed by atoms with Crippen LogP contribution < -0.4 is 9.62 Å². The maximum atomic E-state index is 12.5. The fraction of sp³-hybridized carbons (Fsp3) is 0.611. The lowest BCUT2D eigenvalue weighted by molar-refractivity contribution is -0.121. The van der Waals surface area contributed by atoms with E-state index in [1.807, 2.05) is 0 Å². The van der Waals surface area contributed by atoms with Crippen molar-refractivity contribution in [2.75, 3.05) is 37.2 Å². The Balaban J connectivity index is 1.97. The van der Waals surface area contributed by atoms with Gasteiger partial charge in [-0.25, -0.2) is 8.42 Å². The molecule has 0 unspecified atom stereocenters. The molecule has 8 heteroatoms. The van der Waals surface area contributed by atoms with Crippen molar-refractivity contribution in [2.45, 2.75) is 32.2 Å². The number of likely N-dealkylation sites (tertiary alicyclic amines) is 1. The molecule has 1 fully saturated rings. The molecule has 1 aromatic rings. The monoisotopic (exact) mass is 401 g/mol. The highest BCUT2D eigenvalue weighted by Crippen LogP contribution is 2.24. The molecule has 0 radical (unpaired) electrons. The van der Waals surface area contributed by atoms with Crippen molar-refractivity contribution in [1.82, 2.24) is 10.2 Å². The number of amides is 1. The number of benzene rings is 1. The summed E-state index contributed by atoms with van der Waals surface area (Å²) >= 11 is 5.98. The first-order valence-electron chi connectivity index (χ1n) is 8.89. The zero-order valence-corrected chi connectivity index (χ0v) is 17.2. The molecule has 26 heavy (non-hydrogen) atoms. The molecule has 2 rings (SSSR count). The zero-order chi connectivity index (χ0) is 19.3. The minimum Gasteiger partial charge on any atom is -0.354 e. The van der Waals surface area contributed by atoms with Gasteiger partial charge in [0.05, 0.1) is 11.9 Å². The normalized spacial score (nSPS) is 17.7. The molecule has 0 bridgehead atoms. The van der Waals surface area contributed by atoms with Gasteiger partial charge >= 0.3 is 0 Å². The average Bonchev–Trinajstić information content (AvgIpc) is 2.55. The fourth-order valence-corrected chi connectivity index (χ4v) is 4.67. The van der Waals surface area contributed by atoms with E-state index in [9.17, 15) is 13.2 Å². The van der Waals surface area contributed by atoms with Crippen molar-refractivity contribution in [2.24, 2.45) is 5.92 Å². The van der Waals surface area contributed by atoms with E-state index in [0.717, 1.165) is 42.9 Å². The van der Waals surface area contributed by atoms with Gasteiger partial charge in [-0.1, -0.05) is 17.7 Å². The number of rotatable bonds is 7. The van der Waals surface area contributed by atoms with Crippen molar-refractivity contribution in [3.63, 3.8) is 0 Å². The van der Waals surface area contributed by atoms with Gasteiger partial charge in [-0.2, -0.15) is 0 Å². The lowest BCUT2D eigenvalue weighted by Gasteiger charge is -2.30. The van der Waals surface area contributed by atoms with Crippen LogP contribution in [0.25, 0.3) is 0 Å². The van der Waals surface area contributed by atoms with Crippen molar-refractivity contribution in [1.29, 1.82) is 0 Å². The molecule has 0 aromatic heterocycles. The van der Waals surface area contributed by atoms with Crippen LogP contribution in [0.1, 0.15) is 26.2 Å². The van der Waals surface area contributed by atoms with E-state index in [0.29, 0.717) is 23.2 Å². The van der Waals surface area contributed by atoms with Crippen LogP contribution in [0.15, 0.2) is 24.3 Å². The minimum absolute atomic E-state index is 0.302. The second-order valence-electron chi connectivity index (χ2n) is 7.04. The van der Waals surface area contributed by atoms with E-state index in [1.165, 1.54) is 0 Å². The van der Waals surface area contributed by atoms with Crippen LogP contribution in [0.3, 0.4) is 0 Å². The van der Waals surface area contributed by atoms with Gasteiger partial charge in [-0.15, -0.1) is 0 Å². The lowest BCUT2D eigenvalue weighted by Crippen LogP contribution is -2.48. The van der Waals surface area contributed by atoms with Crippen molar-refractivity contribution in [3.8, 4) is 0 Å². The van der Waals surface area contributed by atoms with Crippen LogP contribution in [0.2, 0.25) is 5.02 Å². The molecule has 1 atom stereocenters. The Morgan fingerprint density at radius 3 is 2.62 bits per heavy atom.